The number of hydrogen-bond donors (Lipinski definition) is 1. The van der Waals surface area contributed by atoms with E-state index in [1.165, 1.54) is 0 Å². The Kier molecular flexibility index (Phi) is 4.10. The third-order valence-corrected chi connectivity index (χ3v) is 3.27. The summed E-state index contributed by atoms with van der Waals surface area (Å²) in [6.07, 6.45) is 0. The predicted octanol–water partition coefficient (Wildman–Crippen LogP) is 4.28. The van der Waals surface area contributed by atoms with Crippen molar-refractivity contribution in [2.24, 2.45) is 0 Å². The van der Waals surface area contributed by atoms with Crippen molar-refractivity contribution in [3.05, 3.63) is 59.2 Å². The predicted molar refractivity (Wildman–Crippen MR) is 80.5 cm³/mol. The summed E-state index contributed by atoms with van der Waals surface area (Å²) in [6.45, 7) is 6.86. The number of nitrogens with two attached hydrogens (primary N) is 1. The molecule has 2 aromatic rings. The number of anilines is 1. The molecule has 2 nitrogen and oxygen atoms in total. The Morgan fingerprint density at radius 2 is 1.74 bits per heavy atom. The van der Waals surface area contributed by atoms with Gasteiger partial charge >= 0.3 is 0 Å². The number of ether oxygens (including phenoxy) is 1. The van der Waals surface area contributed by atoms with Gasteiger partial charge in [0.05, 0.1) is 5.69 Å². The molecule has 2 aromatic carbocycles. The SMILES string of the molecule is Cc1ccc(C(C)C)c(N)c1OCc1ccccc1. The van der Waals surface area contributed by atoms with Gasteiger partial charge in [-0.25, -0.2) is 0 Å². The van der Waals surface area contributed by atoms with E-state index < -0.39 is 0 Å². The number of rotatable bonds is 4. The lowest BCUT2D eigenvalue weighted by Crippen LogP contribution is -2.04. The zero-order valence-electron chi connectivity index (χ0n) is 11.8. The standard InChI is InChI=1S/C17H21NO/c1-12(2)15-10-9-13(3)17(16(15)18)19-11-14-7-5-4-6-8-14/h4-10,12H,11,18H2,1-3H3. The summed E-state index contributed by atoms with van der Waals surface area (Å²) in [5, 5.41) is 0. The summed E-state index contributed by atoms with van der Waals surface area (Å²) in [5.74, 6) is 1.22. The summed E-state index contributed by atoms with van der Waals surface area (Å²) in [7, 11) is 0. The average molecular weight is 255 g/mol. The molecule has 0 aliphatic heterocycles. The summed E-state index contributed by atoms with van der Waals surface area (Å²) < 4.78 is 5.92. The number of nitrogen functional groups attached to an aromatic ring is 1. The first kappa shape index (κ1) is 13.5. The van der Waals surface area contributed by atoms with Crippen LogP contribution in [0.25, 0.3) is 0 Å². The van der Waals surface area contributed by atoms with E-state index in [1.807, 2.05) is 25.1 Å². The molecule has 0 amide bonds. The van der Waals surface area contributed by atoms with Crippen molar-refractivity contribution < 1.29 is 4.74 Å². The Balaban J connectivity index is 2.22. The van der Waals surface area contributed by atoms with Crippen LogP contribution in [0.15, 0.2) is 42.5 Å². The van der Waals surface area contributed by atoms with Crippen LogP contribution < -0.4 is 10.5 Å². The van der Waals surface area contributed by atoms with Crippen molar-refractivity contribution in [3.8, 4) is 5.75 Å². The molecule has 0 radical (unpaired) electrons. The van der Waals surface area contributed by atoms with E-state index in [1.54, 1.807) is 0 Å². The first-order valence-corrected chi connectivity index (χ1v) is 6.65. The first-order valence-electron chi connectivity index (χ1n) is 6.65. The lowest BCUT2D eigenvalue weighted by molar-refractivity contribution is 0.305. The molecule has 0 aromatic heterocycles. The molecule has 0 bridgehead atoms. The van der Waals surface area contributed by atoms with Gasteiger partial charge < -0.3 is 10.5 Å². The lowest BCUT2D eigenvalue weighted by atomic mass is 9.99. The van der Waals surface area contributed by atoms with E-state index >= 15 is 0 Å². The molecule has 0 fully saturated rings. The van der Waals surface area contributed by atoms with Crippen molar-refractivity contribution in [2.45, 2.75) is 33.3 Å². The summed E-state index contributed by atoms with van der Waals surface area (Å²) in [6, 6.07) is 14.3. The largest absolute Gasteiger partial charge is 0.486 e. The van der Waals surface area contributed by atoms with Crippen LogP contribution >= 0.6 is 0 Å². The first-order chi connectivity index (χ1) is 9.09. The topological polar surface area (TPSA) is 35.2 Å². The average Bonchev–Trinajstić information content (AvgIpc) is 2.39. The van der Waals surface area contributed by atoms with Crippen LogP contribution in [-0.4, -0.2) is 0 Å². The second kappa shape index (κ2) is 5.79. The summed E-state index contributed by atoms with van der Waals surface area (Å²) in [5.41, 5.74) is 10.4. The maximum absolute atomic E-state index is 6.22. The fourth-order valence-electron chi connectivity index (χ4n) is 2.15. The van der Waals surface area contributed by atoms with Crippen molar-refractivity contribution >= 4 is 5.69 Å². The molecule has 0 aliphatic carbocycles. The molecule has 0 spiro atoms. The molecule has 0 unspecified atom stereocenters. The monoisotopic (exact) mass is 255 g/mol. The van der Waals surface area contributed by atoms with Crippen LogP contribution in [-0.2, 0) is 6.61 Å². The molecule has 0 aliphatic rings. The third-order valence-electron chi connectivity index (χ3n) is 3.27. The highest BCUT2D eigenvalue weighted by atomic mass is 16.5. The molecule has 19 heavy (non-hydrogen) atoms. The second-order valence-corrected chi connectivity index (χ2v) is 5.14. The molecule has 0 heterocycles. The van der Waals surface area contributed by atoms with Crippen molar-refractivity contribution in [3.63, 3.8) is 0 Å². The van der Waals surface area contributed by atoms with Crippen molar-refractivity contribution in [2.75, 3.05) is 5.73 Å². The van der Waals surface area contributed by atoms with Gasteiger partial charge in [0.15, 0.2) is 0 Å². The molecule has 2 rings (SSSR count). The van der Waals surface area contributed by atoms with Gasteiger partial charge in [-0.1, -0.05) is 56.3 Å². The normalized spacial score (nSPS) is 10.7. The van der Waals surface area contributed by atoms with Crippen LogP contribution in [0.4, 0.5) is 5.69 Å². The lowest BCUT2D eigenvalue weighted by Gasteiger charge is -2.17. The molecule has 2 heteroatoms. The van der Waals surface area contributed by atoms with Gasteiger partial charge in [0.2, 0.25) is 0 Å². The van der Waals surface area contributed by atoms with Crippen molar-refractivity contribution in [1.29, 1.82) is 0 Å². The molecular formula is C17H21NO. The van der Waals surface area contributed by atoms with Gasteiger partial charge in [-0.2, -0.15) is 0 Å². The maximum Gasteiger partial charge on any atom is 0.145 e. The number of benzene rings is 2. The molecule has 0 atom stereocenters. The molecule has 0 saturated heterocycles. The Morgan fingerprint density at radius 3 is 2.37 bits per heavy atom. The Labute approximate surface area is 115 Å². The van der Waals surface area contributed by atoms with Crippen LogP contribution in [0.1, 0.15) is 36.5 Å². The van der Waals surface area contributed by atoms with Gasteiger partial charge in [0, 0.05) is 0 Å². The van der Waals surface area contributed by atoms with Gasteiger partial charge in [0.25, 0.3) is 0 Å². The van der Waals surface area contributed by atoms with Gasteiger partial charge in [-0.3, -0.25) is 0 Å². The van der Waals surface area contributed by atoms with Crippen molar-refractivity contribution in [1.82, 2.24) is 0 Å². The second-order valence-electron chi connectivity index (χ2n) is 5.14. The van der Waals surface area contributed by atoms with Crippen LogP contribution in [0.5, 0.6) is 5.75 Å². The van der Waals surface area contributed by atoms with Gasteiger partial charge in [0.1, 0.15) is 12.4 Å². The van der Waals surface area contributed by atoms with E-state index in [-0.39, 0.29) is 0 Å². The minimum atomic E-state index is 0.402. The Bertz CT molecular complexity index is 547. The highest BCUT2D eigenvalue weighted by molar-refractivity contribution is 5.62. The molecule has 0 saturated carbocycles. The van der Waals surface area contributed by atoms with E-state index in [9.17, 15) is 0 Å². The summed E-state index contributed by atoms with van der Waals surface area (Å²) >= 11 is 0. The Hall–Kier alpha value is -1.96. The number of aryl methyl sites for hydroxylation is 1. The highest BCUT2D eigenvalue weighted by Gasteiger charge is 2.12. The van der Waals surface area contributed by atoms with Crippen LogP contribution in [0.2, 0.25) is 0 Å². The van der Waals surface area contributed by atoms with Gasteiger partial charge in [-0.15, -0.1) is 0 Å². The zero-order valence-corrected chi connectivity index (χ0v) is 11.8. The van der Waals surface area contributed by atoms with E-state index in [0.717, 1.165) is 28.1 Å². The minimum absolute atomic E-state index is 0.402. The van der Waals surface area contributed by atoms with E-state index in [4.69, 9.17) is 10.5 Å². The third kappa shape index (κ3) is 3.08. The number of hydrogen-bond acceptors (Lipinski definition) is 2. The quantitative estimate of drug-likeness (QED) is 0.828. The zero-order chi connectivity index (χ0) is 13.8. The van der Waals surface area contributed by atoms with E-state index in [2.05, 4.69) is 38.1 Å². The Morgan fingerprint density at radius 1 is 1.05 bits per heavy atom. The van der Waals surface area contributed by atoms with Gasteiger partial charge in [-0.05, 0) is 29.5 Å². The summed E-state index contributed by atoms with van der Waals surface area (Å²) in [4.78, 5) is 0. The van der Waals surface area contributed by atoms with Crippen LogP contribution in [0, 0.1) is 6.92 Å². The molecular weight excluding hydrogens is 234 g/mol. The fraction of sp³-hybridized carbons (Fsp3) is 0.294. The molecule has 100 valence electrons. The molecule has 2 N–H and O–H groups in total. The van der Waals surface area contributed by atoms with Crippen LogP contribution in [0.3, 0.4) is 0 Å². The maximum atomic E-state index is 6.22. The fourth-order valence-corrected chi connectivity index (χ4v) is 2.15. The smallest absolute Gasteiger partial charge is 0.145 e. The highest BCUT2D eigenvalue weighted by Crippen LogP contribution is 2.34. The minimum Gasteiger partial charge on any atom is -0.486 e. The van der Waals surface area contributed by atoms with E-state index in [0.29, 0.717) is 12.5 Å².